The fourth-order valence-corrected chi connectivity index (χ4v) is 2.08. The molecule has 0 unspecified atom stereocenters. The number of aromatic carboxylic acids is 1. The molecule has 2 rings (SSSR count). The van der Waals surface area contributed by atoms with Crippen LogP contribution < -0.4 is 11.1 Å². The van der Waals surface area contributed by atoms with Gasteiger partial charge in [-0.05, 0) is 24.5 Å². The summed E-state index contributed by atoms with van der Waals surface area (Å²) < 4.78 is 1.35. The number of carbonyl (C=O) groups is 1. The molecule has 1 aromatic carbocycles. The van der Waals surface area contributed by atoms with E-state index in [1.807, 2.05) is 13.8 Å². The number of nitrogens with zero attached hydrogens (tertiary/aromatic N) is 1. The van der Waals surface area contributed by atoms with Gasteiger partial charge in [0.25, 0.3) is 0 Å². The van der Waals surface area contributed by atoms with Crippen LogP contribution in [0.1, 0.15) is 30.6 Å². The van der Waals surface area contributed by atoms with Crippen LogP contribution in [-0.4, -0.2) is 20.6 Å². The maximum absolute atomic E-state index is 11.9. The Kier molecular flexibility index (Phi) is 3.74. The zero-order valence-electron chi connectivity index (χ0n) is 11.3. The highest BCUT2D eigenvalue weighted by atomic mass is 16.4. The number of aromatic amines is 1. The second-order valence-corrected chi connectivity index (χ2v) is 5.10. The maximum Gasteiger partial charge on any atom is 0.337 e. The number of hydrogen-bond donors (Lipinski definition) is 2. The summed E-state index contributed by atoms with van der Waals surface area (Å²) in [6, 6.07) is 4.60. The second kappa shape index (κ2) is 5.32. The fraction of sp³-hybridized carbons (Fsp3) is 0.357. The molecular formula is C14H16N2O4. The molecule has 0 aliphatic rings. The number of hydrogen-bond acceptors (Lipinski definition) is 3. The Morgan fingerprint density at radius 1 is 1.35 bits per heavy atom. The van der Waals surface area contributed by atoms with E-state index in [4.69, 9.17) is 5.11 Å². The Balaban J connectivity index is 2.75. The minimum atomic E-state index is -1.14. The Hall–Kier alpha value is -2.37. The molecular weight excluding hydrogens is 260 g/mol. The number of carboxylic acid groups (broad SMARTS) is 1. The molecule has 6 heteroatoms. The average molecular weight is 276 g/mol. The monoisotopic (exact) mass is 276 g/mol. The van der Waals surface area contributed by atoms with Gasteiger partial charge in [0, 0.05) is 6.54 Å². The van der Waals surface area contributed by atoms with Crippen LogP contribution in [0.2, 0.25) is 0 Å². The molecule has 6 nitrogen and oxygen atoms in total. The molecule has 0 aliphatic carbocycles. The van der Waals surface area contributed by atoms with Crippen molar-refractivity contribution in [2.45, 2.75) is 26.8 Å². The lowest BCUT2D eigenvalue weighted by atomic mass is 10.1. The van der Waals surface area contributed by atoms with E-state index in [1.165, 1.54) is 10.6 Å². The molecule has 0 atom stereocenters. The van der Waals surface area contributed by atoms with E-state index in [1.54, 1.807) is 12.1 Å². The third-order valence-corrected chi connectivity index (χ3v) is 3.17. The molecule has 0 radical (unpaired) electrons. The summed E-state index contributed by atoms with van der Waals surface area (Å²) >= 11 is 0. The van der Waals surface area contributed by atoms with Gasteiger partial charge in [-0.1, -0.05) is 19.9 Å². The van der Waals surface area contributed by atoms with E-state index in [2.05, 4.69) is 4.98 Å². The Bertz CT molecular complexity index is 771. The standard InChI is InChI=1S/C14H16N2O4/c1-8(2)6-7-16-10-5-3-4-9(14(19)20)11(10)15-12(17)13(16)18/h3-5,8H,6-7H2,1-2H3,(H,15,17)(H,19,20). The molecule has 0 aliphatic heterocycles. The van der Waals surface area contributed by atoms with Crippen LogP contribution in [0.25, 0.3) is 11.0 Å². The first-order valence-electron chi connectivity index (χ1n) is 6.41. The molecule has 2 aromatic rings. The quantitative estimate of drug-likeness (QED) is 0.826. The number of benzene rings is 1. The lowest BCUT2D eigenvalue weighted by Crippen LogP contribution is -2.37. The minimum absolute atomic E-state index is 0.0158. The number of nitrogens with one attached hydrogen (secondary N) is 1. The molecule has 1 heterocycles. The first kappa shape index (κ1) is 14.0. The first-order chi connectivity index (χ1) is 9.41. The summed E-state index contributed by atoms with van der Waals surface area (Å²) in [6.45, 7) is 4.42. The second-order valence-electron chi connectivity index (χ2n) is 5.10. The highest BCUT2D eigenvalue weighted by Crippen LogP contribution is 2.15. The van der Waals surface area contributed by atoms with Crippen molar-refractivity contribution >= 4 is 17.0 Å². The summed E-state index contributed by atoms with van der Waals surface area (Å²) in [7, 11) is 0. The van der Waals surface area contributed by atoms with Crippen LogP contribution in [0.3, 0.4) is 0 Å². The topological polar surface area (TPSA) is 92.2 Å². The van der Waals surface area contributed by atoms with Crippen LogP contribution in [0.15, 0.2) is 27.8 Å². The summed E-state index contributed by atoms with van der Waals surface area (Å²) in [6.07, 6.45) is 0.732. The number of fused-ring (bicyclic) bond motifs is 1. The summed E-state index contributed by atoms with van der Waals surface area (Å²) in [5.41, 5.74) is -0.836. The van der Waals surface area contributed by atoms with Crippen molar-refractivity contribution in [3.63, 3.8) is 0 Å². The van der Waals surface area contributed by atoms with Crippen LogP contribution in [0.5, 0.6) is 0 Å². The Morgan fingerprint density at radius 3 is 2.65 bits per heavy atom. The molecule has 0 saturated carbocycles. The number of carboxylic acids is 1. The summed E-state index contributed by atoms with van der Waals surface area (Å²) in [5, 5.41) is 9.14. The molecule has 1 aromatic heterocycles. The molecule has 20 heavy (non-hydrogen) atoms. The van der Waals surface area contributed by atoms with Crippen LogP contribution in [-0.2, 0) is 6.54 Å². The van der Waals surface area contributed by atoms with Crippen molar-refractivity contribution in [2.75, 3.05) is 0 Å². The van der Waals surface area contributed by atoms with Crippen LogP contribution in [0.4, 0.5) is 0 Å². The summed E-state index contributed by atoms with van der Waals surface area (Å²) in [5.74, 6) is -0.765. The van der Waals surface area contributed by atoms with E-state index in [0.717, 1.165) is 6.42 Å². The van der Waals surface area contributed by atoms with Crippen molar-refractivity contribution in [3.05, 3.63) is 44.5 Å². The van der Waals surface area contributed by atoms with E-state index < -0.39 is 17.1 Å². The van der Waals surface area contributed by atoms with E-state index in [9.17, 15) is 14.4 Å². The largest absolute Gasteiger partial charge is 0.478 e. The average Bonchev–Trinajstić information content (AvgIpc) is 2.38. The van der Waals surface area contributed by atoms with Gasteiger partial charge in [-0.15, -0.1) is 0 Å². The number of aromatic nitrogens is 2. The first-order valence-corrected chi connectivity index (χ1v) is 6.41. The van der Waals surface area contributed by atoms with E-state index in [0.29, 0.717) is 18.0 Å². The number of para-hydroxylation sites is 1. The third-order valence-electron chi connectivity index (χ3n) is 3.17. The fourth-order valence-electron chi connectivity index (χ4n) is 2.08. The smallest absolute Gasteiger partial charge is 0.337 e. The minimum Gasteiger partial charge on any atom is -0.478 e. The molecule has 0 amide bonds. The van der Waals surface area contributed by atoms with Crippen molar-refractivity contribution < 1.29 is 9.90 Å². The molecule has 0 fully saturated rings. The van der Waals surface area contributed by atoms with Gasteiger partial charge in [-0.25, -0.2) is 4.79 Å². The normalized spacial score (nSPS) is 11.2. The van der Waals surface area contributed by atoms with Gasteiger partial charge in [0.2, 0.25) is 0 Å². The number of aryl methyl sites for hydroxylation is 1. The lowest BCUT2D eigenvalue weighted by Gasteiger charge is -2.12. The SMILES string of the molecule is CC(C)CCn1c(=O)c(=O)[nH]c2c(C(=O)O)cccc21. The van der Waals surface area contributed by atoms with Gasteiger partial charge in [0.15, 0.2) is 0 Å². The molecule has 0 saturated heterocycles. The summed E-state index contributed by atoms with van der Waals surface area (Å²) in [4.78, 5) is 37.2. The van der Waals surface area contributed by atoms with Crippen molar-refractivity contribution in [1.29, 1.82) is 0 Å². The Morgan fingerprint density at radius 2 is 2.05 bits per heavy atom. The molecule has 106 valence electrons. The van der Waals surface area contributed by atoms with Crippen molar-refractivity contribution in [2.24, 2.45) is 5.92 Å². The predicted octanol–water partition coefficient (Wildman–Crippen LogP) is 1.43. The third kappa shape index (κ3) is 2.49. The van der Waals surface area contributed by atoms with Gasteiger partial charge in [0.1, 0.15) is 0 Å². The van der Waals surface area contributed by atoms with Gasteiger partial charge >= 0.3 is 17.1 Å². The van der Waals surface area contributed by atoms with Gasteiger partial charge in [-0.3, -0.25) is 9.59 Å². The van der Waals surface area contributed by atoms with Crippen molar-refractivity contribution in [1.82, 2.24) is 9.55 Å². The van der Waals surface area contributed by atoms with Crippen LogP contribution >= 0.6 is 0 Å². The van der Waals surface area contributed by atoms with E-state index >= 15 is 0 Å². The highest BCUT2D eigenvalue weighted by Gasteiger charge is 2.14. The molecule has 2 N–H and O–H groups in total. The number of H-pyrrole nitrogens is 1. The molecule has 0 spiro atoms. The zero-order valence-corrected chi connectivity index (χ0v) is 11.3. The van der Waals surface area contributed by atoms with Gasteiger partial charge in [-0.2, -0.15) is 0 Å². The van der Waals surface area contributed by atoms with Crippen LogP contribution in [0, 0.1) is 5.92 Å². The predicted molar refractivity (Wildman–Crippen MR) is 75.2 cm³/mol. The highest BCUT2D eigenvalue weighted by molar-refractivity contribution is 6.00. The zero-order chi connectivity index (χ0) is 14.9. The molecule has 0 bridgehead atoms. The lowest BCUT2D eigenvalue weighted by molar-refractivity contribution is 0.0699. The van der Waals surface area contributed by atoms with Gasteiger partial charge in [0.05, 0.1) is 16.6 Å². The van der Waals surface area contributed by atoms with Gasteiger partial charge < -0.3 is 14.7 Å². The van der Waals surface area contributed by atoms with Crippen molar-refractivity contribution in [3.8, 4) is 0 Å². The number of rotatable bonds is 4. The van der Waals surface area contributed by atoms with E-state index in [-0.39, 0.29) is 11.1 Å². The maximum atomic E-state index is 11.9. The Labute approximate surface area is 114 Å².